The molecule has 3 nitrogen and oxygen atoms in total. The maximum atomic E-state index is 12.6. The molecule has 1 fully saturated rings. The number of rotatable bonds is 2. The van der Waals surface area contributed by atoms with E-state index in [-0.39, 0.29) is 5.91 Å². The second kappa shape index (κ2) is 5.21. The highest BCUT2D eigenvalue weighted by molar-refractivity contribution is 7.12. The molecule has 2 aromatic heterocycles. The number of carbonyl (C=O) groups is 1. The molecular weight excluding hydrogens is 256 g/mol. The lowest BCUT2D eigenvalue weighted by atomic mass is 10.0. The van der Waals surface area contributed by atoms with Crippen molar-refractivity contribution in [2.24, 2.45) is 5.92 Å². The van der Waals surface area contributed by atoms with Gasteiger partial charge in [-0.3, -0.25) is 4.79 Å². The van der Waals surface area contributed by atoms with Gasteiger partial charge in [-0.05, 0) is 42.3 Å². The fourth-order valence-corrected chi connectivity index (χ4v) is 3.54. The maximum Gasteiger partial charge on any atom is 0.266 e. The number of aromatic nitrogens is 1. The Morgan fingerprint density at radius 3 is 2.89 bits per heavy atom. The van der Waals surface area contributed by atoms with E-state index in [9.17, 15) is 4.79 Å². The first-order valence-electron chi connectivity index (χ1n) is 6.76. The van der Waals surface area contributed by atoms with Crippen LogP contribution in [0.1, 0.15) is 29.4 Å². The number of thiophene rings is 1. The van der Waals surface area contributed by atoms with Gasteiger partial charge < -0.3 is 9.47 Å². The Morgan fingerprint density at radius 2 is 2.16 bits per heavy atom. The SMILES string of the molecule is C[C@H]1CCCN(C(=O)c2sccc2-n2cccc2)C1. The van der Waals surface area contributed by atoms with Crippen molar-refractivity contribution in [1.29, 1.82) is 0 Å². The van der Waals surface area contributed by atoms with Gasteiger partial charge >= 0.3 is 0 Å². The zero-order valence-electron chi connectivity index (χ0n) is 11.1. The summed E-state index contributed by atoms with van der Waals surface area (Å²) in [7, 11) is 0. The van der Waals surface area contributed by atoms with E-state index < -0.39 is 0 Å². The molecule has 0 bridgehead atoms. The third-order valence-electron chi connectivity index (χ3n) is 3.67. The van der Waals surface area contributed by atoms with Gasteiger partial charge in [0.2, 0.25) is 0 Å². The van der Waals surface area contributed by atoms with Crippen LogP contribution in [0.25, 0.3) is 5.69 Å². The smallest absolute Gasteiger partial charge is 0.266 e. The second-order valence-corrected chi connectivity index (χ2v) is 6.14. The Balaban J connectivity index is 1.86. The van der Waals surface area contributed by atoms with Gasteiger partial charge in [0.1, 0.15) is 4.88 Å². The molecule has 1 aliphatic heterocycles. The summed E-state index contributed by atoms with van der Waals surface area (Å²) in [6.07, 6.45) is 6.32. The van der Waals surface area contributed by atoms with Gasteiger partial charge in [0, 0.05) is 25.5 Å². The molecule has 4 heteroatoms. The molecule has 0 aromatic carbocycles. The molecule has 19 heavy (non-hydrogen) atoms. The monoisotopic (exact) mass is 274 g/mol. The number of piperidine rings is 1. The molecule has 1 amide bonds. The molecule has 100 valence electrons. The van der Waals surface area contributed by atoms with E-state index in [1.54, 1.807) is 0 Å². The van der Waals surface area contributed by atoms with Gasteiger partial charge in [-0.1, -0.05) is 6.92 Å². The van der Waals surface area contributed by atoms with E-state index >= 15 is 0 Å². The van der Waals surface area contributed by atoms with Gasteiger partial charge in [0.25, 0.3) is 5.91 Å². The minimum absolute atomic E-state index is 0.185. The first-order valence-corrected chi connectivity index (χ1v) is 7.64. The van der Waals surface area contributed by atoms with Gasteiger partial charge in [0.05, 0.1) is 5.69 Å². The van der Waals surface area contributed by atoms with Crippen LogP contribution in [0.3, 0.4) is 0 Å². The van der Waals surface area contributed by atoms with Crippen molar-refractivity contribution < 1.29 is 4.79 Å². The maximum absolute atomic E-state index is 12.6. The van der Waals surface area contributed by atoms with Crippen LogP contribution in [0.2, 0.25) is 0 Å². The Hall–Kier alpha value is -1.55. The van der Waals surface area contributed by atoms with Crippen LogP contribution in [0.4, 0.5) is 0 Å². The molecule has 1 saturated heterocycles. The topological polar surface area (TPSA) is 25.2 Å². The van der Waals surface area contributed by atoms with Crippen LogP contribution in [0.5, 0.6) is 0 Å². The van der Waals surface area contributed by atoms with E-state index in [4.69, 9.17) is 0 Å². The highest BCUT2D eigenvalue weighted by atomic mass is 32.1. The molecule has 1 atom stereocenters. The van der Waals surface area contributed by atoms with Crippen molar-refractivity contribution in [1.82, 2.24) is 9.47 Å². The standard InChI is InChI=1S/C15H18N2OS/c1-12-5-4-9-17(11-12)15(18)14-13(6-10-19-14)16-7-2-3-8-16/h2-3,6-8,10,12H,4-5,9,11H2,1H3/t12-/m0/s1. The Kier molecular flexibility index (Phi) is 3.42. The van der Waals surface area contributed by atoms with Crippen LogP contribution in [-0.2, 0) is 0 Å². The molecular formula is C15H18N2OS. The van der Waals surface area contributed by atoms with E-state index in [1.165, 1.54) is 17.8 Å². The first kappa shape index (κ1) is 12.5. The summed E-state index contributed by atoms with van der Waals surface area (Å²) < 4.78 is 2.01. The minimum atomic E-state index is 0.185. The molecule has 2 aromatic rings. The summed E-state index contributed by atoms with van der Waals surface area (Å²) in [5.74, 6) is 0.804. The lowest BCUT2D eigenvalue weighted by Gasteiger charge is -2.30. The number of carbonyl (C=O) groups excluding carboxylic acids is 1. The molecule has 1 aliphatic rings. The number of likely N-dealkylation sites (tertiary alicyclic amines) is 1. The van der Waals surface area contributed by atoms with Crippen molar-refractivity contribution in [2.75, 3.05) is 13.1 Å². The number of nitrogens with zero attached hydrogens (tertiary/aromatic N) is 2. The number of amides is 1. The van der Waals surface area contributed by atoms with Crippen LogP contribution >= 0.6 is 11.3 Å². The fourth-order valence-electron chi connectivity index (χ4n) is 2.68. The van der Waals surface area contributed by atoms with Crippen molar-refractivity contribution >= 4 is 17.2 Å². The third-order valence-corrected chi connectivity index (χ3v) is 4.56. The zero-order chi connectivity index (χ0) is 13.2. The average Bonchev–Trinajstić information content (AvgIpc) is 3.08. The van der Waals surface area contributed by atoms with Crippen LogP contribution < -0.4 is 0 Å². The number of hydrogen-bond acceptors (Lipinski definition) is 2. The van der Waals surface area contributed by atoms with E-state index in [0.717, 1.165) is 30.1 Å². The summed E-state index contributed by atoms with van der Waals surface area (Å²) in [5, 5.41) is 2.00. The largest absolute Gasteiger partial charge is 0.338 e. The third kappa shape index (κ3) is 2.45. The second-order valence-electron chi connectivity index (χ2n) is 5.22. The van der Waals surface area contributed by atoms with Gasteiger partial charge in [0.15, 0.2) is 0 Å². The molecule has 0 radical (unpaired) electrons. The van der Waals surface area contributed by atoms with Gasteiger partial charge in [-0.15, -0.1) is 11.3 Å². The van der Waals surface area contributed by atoms with E-state index in [1.807, 2.05) is 45.4 Å². The Morgan fingerprint density at radius 1 is 1.37 bits per heavy atom. The van der Waals surface area contributed by atoms with Gasteiger partial charge in [-0.25, -0.2) is 0 Å². The van der Waals surface area contributed by atoms with E-state index in [2.05, 4.69) is 6.92 Å². The normalized spacial score (nSPS) is 19.6. The lowest BCUT2D eigenvalue weighted by Crippen LogP contribution is -2.39. The van der Waals surface area contributed by atoms with Crippen molar-refractivity contribution in [3.05, 3.63) is 40.8 Å². The van der Waals surface area contributed by atoms with Crippen LogP contribution in [0.15, 0.2) is 36.0 Å². The minimum Gasteiger partial charge on any atom is -0.338 e. The van der Waals surface area contributed by atoms with Crippen LogP contribution in [-0.4, -0.2) is 28.5 Å². The molecule has 0 N–H and O–H groups in total. The molecule has 3 heterocycles. The summed E-state index contributed by atoms with van der Waals surface area (Å²) in [4.78, 5) is 15.5. The van der Waals surface area contributed by atoms with Crippen LogP contribution in [0, 0.1) is 5.92 Å². The van der Waals surface area contributed by atoms with Gasteiger partial charge in [-0.2, -0.15) is 0 Å². The highest BCUT2D eigenvalue weighted by Crippen LogP contribution is 2.25. The highest BCUT2D eigenvalue weighted by Gasteiger charge is 2.24. The van der Waals surface area contributed by atoms with Crippen molar-refractivity contribution in [3.8, 4) is 5.69 Å². The van der Waals surface area contributed by atoms with E-state index in [0.29, 0.717) is 5.92 Å². The summed E-state index contributed by atoms with van der Waals surface area (Å²) in [6, 6.07) is 5.98. The Bertz CT molecular complexity index is 558. The lowest BCUT2D eigenvalue weighted by molar-refractivity contribution is 0.0688. The molecule has 0 unspecified atom stereocenters. The molecule has 0 saturated carbocycles. The predicted molar refractivity (Wildman–Crippen MR) is 77.9 cm³/mol. The van der Waals surface area contributed by atoms with Crippen molar-refractivity contribution in [3.63, 3.8) is 0 Å². The zero-order valence-corrected chi connectivity index (χ0v) is 11.9. The molecule has 3 rings (SSSR count). The molecule has 0 aliphatic carbocycles. The summed E-state index contributed by atoms with van der Waals surface area (Å²) in [6.45, 7) is 4.01. The fraction of sp³-hybridized carbons (Fsp3) is 0.400. The predicted octanol–water partition coefficient (Wildman–Crippen LogP) is 3.41. The quantitative estimate of drug-likeness (QED) is 0.824. The van der Waals surface area contributed by atoms with Crippen molar-refractivity contribution in [2.45, 2.75) is 19.8 Å². The summed E-state index contributed by atoms with van der Waals surface area (Å²) in [5.41, 5.74) is 0.998. The average molecular weight is 274 g/mol. The summed E-state index contributed by atoms with van der Waals surface area (Å²) >= 11 is 1.54. The Labute approximate surface area is 117 Å². The first-order chi connectivity index (χ1) is 9.25. The number of hydrogen-bond donors (Lipinski definition) is 0. The molecule has 0 spiro atoms.